The molecule has 39 heavy (non-hydrogen) atoms. The van der Waals surface area contributed by atoms with Gasteiger partial charge in [-0.15, -0.1) is 0 Å². The normalized spacial score (nSPS) is 15.2. The summed E-state index contributed by atoms with van der Waals surface area (Å²) in [4.78, 5) is 42.5. The van der Waals surface area contributed by atoms with Crippen molar-refractivity contribution in [3.8, 4) is 11.3 Å². The summed E-state index contributed by atoms with van der Waals surface area (Å²) in [5.41, 5.74) is 1.91. The van der Waals surface area contributed by atoms with Gasteiger partial charge in [0.05, 0.1) is 27.3 Å². The van der Waals surface area contributed by atoms with E-state index < -0.39 is 28.3 Å². The molecule has 0 fully saturated rings. The molecule has 11 heteroatoms. The zero-order valence-electron chi connectivity index (χ0n) is 21.1. The number of ether oxygens (including phenoxy) is 1. The fourth-order valence-electron chi connectivity index (χ4n) is 4.40. The molecule has 9 nitrogen and oxygen atoms in total. The number of carbonyl (C=O) groups is 1. The van der Waals surface area contributed by atoms with Crippen LogP contribution in [-0.4, -0.2) is 22.1 Å². The molecule has 1 atom stereocenters. The number of furan rings is 1. The molecular weight excluding hydrogens is 525 g/mol. The Bertz CT molecular complexity index is 1830. The zero-order chi connectivity index (χ0) is 27.8. The molecule has 198 valence electrons. The first-order valence-corrected chi connectivity index (χ1v) is 12.8. The molecule has 2 aromatic heterocycles. The maximum absolute atomic E-state index is 13.7. The van der Waals surface area contributed by atoms with Crippen LogP contribution in [0, 0.1) is 22.9 Å². The van der Waals surface area contributed by atoms with Crippen molar-refractivity contribution < 1.29 is 23.3 Å². The lowest BCUT2D eigenvalue weighted by atomic mass is 10.0. The average molecular weight is 548 g/mol. The zero-order valence-corrected chi connectivity index (χ0v) is 22.0. The van der Waals surface area contributed by atoms with Crippen molar-refractivity contribution in [1.82, 2.24) is 4.57 Å². The van der Waals surface area contributed by atoms with E-state index in [1.165, 1.54) is 28.8 Å². The highest BCUT2D eigenvalue weighted by Crippen LogP contribution is 2.36. The maximum atomic E-state index is 13.7. The minimum atomic E-state index is -0.983. The predicted molar refractivity (Wildman–Crippen MR) is 142 cm³/mol. The monoisotopic (exact) mass is 547 g/mol. The fraction of sp³-hybridized carbons (Fsp3) is 0.179. The van der Waals surface area contributed by atoms with Gasteiger partial charge in [0, 0.05) is 17.7 Å². The van der Waals surface area contributed by atoms with E-state index in [1.54, 1.807) is 57.2 Å². The number of carbonyl (C=O) groups excluding carboxylic acids is 1. The van der Waals surface area contributed by atoms with Crippen LogP contribution in [0.15, 0.2) is 80.1 Å². The lowest BCUT2D eigenvalue weighted by Gasteiger charge is -2.22. The fourth-order valence-corrected chi connectivity index (χ4v) is 5.45. The van der Waals surface area contributed by atoms with Crippen LogP contribution in [0.1, 0.15) is 36.8 Å². The maximum Gasteiger partial charge on any atom is 0.338 e. The van der Waals surface area contributed by atoms with E-state index in [4.69, 9.17) is 9.15 Å². The summed E-state index contributed by atoms with van der Waals surface area (Å²) < 4.78 is 26.6. The Balaban J connectivity index is 1.69. The Labute approximate surface area is 225 Å². The largest absolute Gasteiger partial charge is 0.463 e. The number of halogens is 1. The van der Waals surface area contributed by atoms with Gasteiger partial charge >= 0.3 is 5.97 Å². The highest BCUT2D eigenvalue weighted by atomic mass is 32.1. The second-order valence-electron chi connectivity index (χ2n) is 8.81. The Hall–Kier alpha value is -4.64. The molecule has 0 radical (unpaired) electrons. The smallest absolute Gasteiger partial charge is 0.338 e. The van der Waals surface area contributed by atoms with E-state index in [0.29, 0.717) is 31.9 Å². The van der Waals surface area contributed by atoms with Crippen LogP contribution in [0.25, 0.3) is 17.4 Å². The standard InChI is InChI=1S/C28H22FN3O6S/c1-4-37-27(34)24-16(3)30-28-31(26(33)23(39-28)13-17-6-8-18(29)9-7-17)25(24)22-12-11-21(38-22)20-14-19(32(35)36)10-5-15(20)2/h5-14,25H,4H2,1-3H3/b23-13-/t25-/m0/s1. The number of hydrogen-bond acceptors (Lipinski definition) is 8. The topological polar surface area (TPSA) is 117 Å². The SMILES string of the molecule is CCOC(=O)C1=C(C)N=c2s/c(=C\c3ccc(F)cc3)c(=O)n2[C@H]1c1ccc(-c2cc([N+](=O)[O-])ccc2C)o1. The number of fused-ring (bicyclic) bond motifs is 1. The minimum Gasteiger partial charge on any atom is -0.463 e. The molecule has 0 saturated heterocycles. The Morgan fingerprint density at radius 2 is 1.95 bits per heavy atom. The number of rotatable bonds is 6. The van der Waals surface area contributed by atoms with Gasteiger partial charge in [-0.1, -0.05) is 29.5 Å². The first kappa shape index (κ1) is 26.0. The summed E-state index contributed by atoms with van der Waals surface area (Å²) >= 11 is 1.13. The number of nitro groups is 1. The van der Waals surface area contributed by atoms with Crippen LogP contribution in [0.3, 0.4) is 0 Å². The first-order chi connectivity index (χ1) is 18.7. The summed E-state index contributed by atoms with van der Waals surface area (Å²) in [5.74, 6) is -0.419. The first-order valence-electron chi connectivity index (χ1n) is 12.0. The lowest BCUT2D eigenvalue weighted by Crippen LogP contribution is -2.39. The molecule has 0 saturated carbocycles. The molecule has 1 aliphatic rings. The van der Waals surface area contributed by atoms with Crippen molar-refractivity contribution in [2.45, 2.75) is 26.8 Å². The molecule has 2 aromatic carbocycles. The number of thiazole rings is 1. The van der Waals surface area contributed by atoms with Crippen molar-refractivity contribution in [2.75, 3.05) is 6.61 Å². The minimum absolute atomic E-state index is 0.0923. The number of allylic oxidation sites excluding steroid dienone is 1. The van der Waals surface area contributed by atoms with Crippen LogP contribution >= 0.6 is 11.3 Å². The average Bonchev–Trinajstić information content (AvgIpc) is 3.50. The lowest BCUT2D eigenvalue weighted by molar-refractivity contribution is -0.384. The van der Waals surface area contributed by atoms with E-state index >= 15 is 0 Å². The molecule has 0 N–H and O–H groups in total. The molecule has 0 aliphatic carbocycles. The highest BCUT2D eigenvalue weighted by molar-refractivity contribution is 7.07. The van der Waals surface area contributed by atoms with Gasteiger partial charge in [-0.3, -0.25) is 19.5 Å². The third-order valence-electron chi connectivity index (χ3n) is 6.28. The van der Waals surface area contributed by atoms with Crippen LogP contribution in [0.5, 0.6) is 0 Å². The number of nitrogens with zero attached hydrogens (tertiary/aromatic N) is 3. The van der Waals surface area contributed by atoms with Crippen molar-refractivity contribution in [2.24, 2.45) is 4.99 Å². The number of non-ortho nitro benzene ring substituents is 1. The second kappa shape index (κ2) is 10.3. The van der Waals surface area contributed by atoms with Crippen molar-refractivity contribution in [3.63, 3.8) is 0 Å². The van der Waals surface area contributed by atoms with Gasteiger partial charge in [0.15, 0.2) is 4.80 Å². The molecule has 3 heterocycles. The molecular formula is C28H22FN3O6S. The third kappa shape index (κ3) is 4.84. The number of aryl methyl sites for hydroxylation is 1. The number of benzene rings is 2. The predicted octanol–water partition coefficient (Wildman–Crippen LogP) is 4.41. The third-order valence-corrected chi connectivity index (χ3v) is 7.26. The Kier molecular flexibility index (Phi) is 6.83. The number of hydrogen-bond donors (Lipinski definition) is 0. The van der Waals surface area contributed by atoms with Gasteiger partial charge in [0.1, 0.15) is 23.4 Å². The van der Waals surface area contributed by atoms with Crippen LogP contribution in [-0.2, 0) is 9.53 Å². The van der Waals surface area contributed by atoms with E-state index in [0.717, 1.165) is 16.9 Å². The number of aromatic nitrogens is 1. The Morgan fingerprint density at radius 3 is 2.64 bits per heavy atom. The van der Waals surface area contributed by atoms with Gasteiger partial charge in [-0.25, -0.2) is 14.2 Å². The molecule has 0 bridgehead atoms. The van der Waals surface area contributed by atoms with E-state index in [-0.39, 0.29) is 23.6 Å². The molecule has 5 rings (SSSR count). The van der Waals surface area contributed by atoms with Gasteiger partial charge in [-0.2, -0.15) is 0 Å². The number of nitro benzene ring substituents is 1. The summed E-state index contributed by atoms with van der Waals surface area (Å²) in [6.07, 6.45) is 1.63. The van der Waals surface area contributed by atoms with Crippen molar-refractivity contribution in [3.05, 3.63) is 118 Å². The molecule has 0 amide bonds. The molecule has 0 unspecified atom stereocenters. The van der Waals surface area contributed by atoms with Gasteiger partial charge < -0.3 is 9.15 Å². The van der Waals surface area contributed by atoms with Gasteiger partial charge in [0.25, 0.3) is 11.2 Å². The van der Waals surface area contributed by atoms with Crippen LogP contribution in [0.2, 0.25) is 0 Å². The van der Waals surface area contributed by atoms with Crippen molar-refractivity contribution >= 4 is 29.1 Å². The summed E-state index contributed by atoms with van der Waals surface area (Å²) in [6, 6.07) is 12.5. The van der Waals surface area contributed by atoms with Gasteiger partial charge in [-0.05, 0) is 62.2 Å². The summed E-state index contributed by atoms with van der Waals surface area (Å²) in [5, 5.41) is 11.3. The quantitative estimate of drug-likeness (QED) is 0.201. The van der Waals surface area contributed by atoms with Crippen LogP contribution in [0.4, 0.5) is 10.1 Å². The Morgan fingerprint density at radius 1 is 1.21 bits per heavy atom. The van der Waals surface area contributed by atoms with E-state index in [1.807, 2.05) is 0 Å². The molecule has 0 spiro atoms. The molecule has 1 aliphatic heterocycles. The second-order valence-corrected chi connectivity index (χ2v) is 9.82. The molecule has 4 aromatic rings. The summed E-state index contributed by atoms with van der Waals surface area (Å²) in [7, 11) is 0. The summed E-state index contributed by atoms with van der Waals surface area (Å²) in [6.45, 7) is 5.25. The van der Waals surface area contributed by atoms with E-state index in [2.05, 4.69) is 4.99 Å². The van der Waals surface area contributed by atoms with E-state index in [9.17, 15) is 24.1 Å². The number of esters is 1. The van der Waals surface area contributed by atoms with Crippen LogP contribution < -0.4 is 14.9 Å². The van der Waals surface area contributed by atoms with Crippen molar-refractivity contribution in [1.29, 1.82) is 0 Å². The van der Waals surface area contributed by atoms with Gasteiger partial charge in [0.2, 0.25) is 0 Å². The highest BCUT2D eigenvalue weighted by Gasteiger charge is 2.35.